The Morgan fingerprint density at radius 3 is 2.64 bits per heavy atom. The van der Waals surface area contributed by atoms with Gasteiger partial charge in [-0.15, -0.1) is 11.3 Å². The quantitative estimate of drug-likeness (QED) is 0.601. The molecule has 0 saturated carbocycles. The minimum absolute atomic E-state index is 0.0715. The van der Waals surface area contributed by atoms with Gasteiger partial charge in [0.05, 0.1) is 11.5 Å². The summed E-state index contributed by atoms with van der Waals surface area (Å²) in [4.78, 5) is 40.5. The maximum absolute atomic E-state index is 13.1. The zero-order chi connectivity index (χ0) is 23.1. The Balaban J connectivity index is 1.37. The molecule has 9 heteroatoms. The Hall–Kier alpha value is -3.85. The van der Waals surface area contributed by atoms with Crippen molar-refractivity contribution in [3.63, 3.8) is 0 Å². The largest absolute Gasteiger partial charge is 0.454 e. The van der Waals surface area contributed by atoms with Crippen LogP contribution in [0.4, 0.5) is 10.7 Å². The predicted molar refractivity (Wildman–Crippen MR) is 125 cm³/mol. The number of anilines is 2. The number of ether oxygens (including phenoxy) is 2. The fourth-order valence-electron chi connectivity index (χ4n) is 4.22. The van der Waals surface area contributed by atoms with E-state index in [1.807, 2.05) is 37.3 Å². The average Bonchev–Trinajstić information content (AvgIpc) is 3.50. The van der Waals surface area contributed by atoms with E-state index < -0.39 is 11.8 Å². The summed E-state index contributed by atoms with van der Waals surface area (Å²) in [5, 5.41) is 3.25. The molecule has 5 rings (SSSR count). The van der Waals surface area contributed by atoms with Crippen LogP contribution in [0.3, 0.4) is 0 Å². The maximum atomic E-state index is 13.1. The number of nitrogens with zero attached hydrogens (tertiary/aromatic N) is 1. The molecule has 3 amide bonds. The first-order valence-electron chi connectivity index (χ1n) is 10.4. The number of amides is 3. The van der Waals surface area contributed by atoms with E-state index in [-0.39, 0.29) is 37.1 Å². The van der Waals surface area contributed by atoms with Gasteiger partial charge < -0.3 is 25.4 Å². The molecule has 1 saturated heterocycles. The van der Waals surface area contributed by atoms with Gasteiger partial charge >= 0.3 is 0 Å². The van der Waals surface area contributed by atoms with Gasteiger partial charge in [0.25, 0.3) is 5.91 Å². The number of rotatable bonds is 5. The fourth-order valence-corrected chi connectivity index (χ4v) is 5.30. The van der Waals surface area contributed by atoms with Gasteiger partial charge in [0.1, 0.15) is 5.00 Å². The molecule has 3 aromatic rings. The number of aryl methyl sites for hydroxylation is 1. The Morgan fingerprint density at radius 1 is 1.12 bits per heavy atom. The van der Waals surface area contributed by atoms with E-state index in [4.69, 9.17) is 15.2 Å². The lowest BCUT2D eigenvalue weighted by atomic mass is 10.0. The van der Waals surface area contributed by atoms with Crippen molar-refractivity contribution < 1.29 is 23.9 Å². The first-order valence-corrected chi connectivity index (χ1v) is 11.2. The lowest BCUT2D eigenvalue weighted by Gasteiger charge is -2.17. The molecular weight excluding hydrogens is 442 g/mol. The molecular formula is C24H21N3O5S. The van der Waals surface area contributed by atoms with E-state index >= 15 is 0 Å². The lowest BCUT2D eigenvalue weighted by molar-refractivity contribution is -0.122. The standard InChI is InChI=1S/C24H21N3O5S/c1-13-20(14-5-3-2-4-6-14)21(22(25)29)24(33-13)26-23(30)15-9-19(28)27(11-15)16-7-8-17-18(10-16)32-12-31-17/h2-8,10,15H,9,11-12H2,1H3,(H2,25,29)(H,26,30). The van der Waals surface area contributed by atoms with Gasteiger partial charge in [0.15, 0.2) is 11.5 Å². The van der Waals surface area contributed by atoms with E-state index in [9.17, 15) is 14.4 Å². The second kappa shape index (κ2) is 8.25. The second-order valence-corrected chi connectivity index (χ2v) is 9.12. The van der Waals surface area contributed by atoms with E-state index in [1.165, 1.54) is 11.3 Å². The van der Waals surface area contributed by atoms with E-state index in [0.717, 1.165) is 10.4 Å². The van der Waals surface area contributed by atoms with Gasteiger partial charge in [-0.1, -0.05) is 30.3 Å². The topological polar surface area (TPSA) is 111 Å². The van der Waals surface area contributed by atoms with Crippen LogP contribution in [0.25, 0.3) is 11.1 Å². The number of hydrogen-bond acceptors (Lipinski definition) is 6. The van der Waals surface area contributed by atoms with Crippen LogP contribution in [0.2, 0.25) is 0 Å². The van der Waals surface area contributed by atoms with Gasteiger partial charge in [0, 0.05) is 35.2 Å². The Kier molecular flexibility index (Phi) is 5.26. The van der Waals surface area contributed by atoms with Gasteiger partial charge in [-0.2, -0.15) is 0 Å². The molecule has 1 atom stereocenters. The summed E-state index contributed by atoms with van der Waals surface area (Å²) in [6.07, 6.45) is 0.0715. The molecule has 2 aliphatic rings. The first kappa shape index (κ1) is 21.0. The molecule has 2 aliphatic heterocycles. The molecule has 3 N–H and O–H groups in total. The monoisotopic (exact) mass is 463 g/mol. The third kappa shape index (κ3) is 3.80. The Morgan fingerprint density at radius 2 is 1.88 bits per heavy atom. The van der Waals surface area contributed by atoms with Crippen LogP contribution in [0.15, 0.2) is 48.5 Å². The molecule has 1 unspecified atom stereocenters. The van der Waals surface area contributed by atoms with Crippen LogP contribution in [0.5, 0.6) is 11.5 Å². The van der Waals surface area contributed by atoms with Crippen molar-refractivity contribution in [2.45, 2.75) is 13.3 Å². The molecule has 0 bridgehead atoms. The zero-order valence-electron chi connectivity index (χ0n) is 17.8. The van der Waals surface area contributed by atoms with Crippen molar-refractivity contribution in [3.05, 3.63) is 59.0 Å². The number of fused-ring (bicyclic) bond motifs is 1. The van der Waals surface area contributed by atoms with Crippen molar-refractivity contribution in [2.24, 2.45) is 11.7 Å². The van der Waals surface area contributed by atoms with E-state index in [1.54, 1.807) is 23.1 Å². The minimum atomic E-state index is -0.613. The molecule has 1 fully saturated rings. The SMILES string of the molecule is Cc1sc(NC(=O)C2CC(=O)N(c3ccc4c(c3)OCO4)C2)c(C(N)=O)c1-c1ccccc1. The summed E-state index contributed by atoms with van der Waals surface area (Å²) in [7, 11) is 0. The van der Waals surface area contributed by atoms with Crippen molar-refractivity contribution in [3.8, 4) is 22.6 Å². The lowest BCUT2D eigenvalue weighted by Crippen LogP contribution is -2.28. The highest BCUT2D eigenvalue weighted by molar-refractivity contribution is 7.17. The summed E-state index contributed by atoms with van der Waals surface area (Å²) < 4.78 is 10.7. The zero-order valence-corrected chi connectivity index (χ0v) is 18.6. The highest BCUT2D eigenvalue weighted by atomic mass is 32.1. The normalized spacial score (nSPS) is 16.8. The number of benzene rings is 2. The fraction of sp³-hybridized carbons (Fsp3) is 0.208. The van der Waals surface area contributed by atoms with Crippen LogP contribution in [0.1, 0.15) is 21.7 Å². The highest BCUT2D eigenvalue weighted by Gasteiger charge is 2.36. The molecule has 1 aromatic heterocycles. The van der Waals surface area contributed by atoms with Crippen LogP contribution in [0, 0.1) is 12.8 Å². The molecule has 0 radical (unpaired) electrons. The molecule has 0 aliphatic carbocycles. The third-order valence-electron chi connectivity index (χ3n) is 5.79. The molecule has 0 spiro atoms. The third-order valence-corrected chi connectivity index (χ3v) is 6.81. The van der Waals surface area contributed by atoms with Gasteiger partial charge in [0.2, 0.25) is 18.6 Å². The smallest absolute Gasteiger partial charge is 0.252 e. The summed E-state index contributed by atoms with van der Waals surface area (Å²) >= 11 is 1.30. The average molecular weight is 464 g/mol. The number of carbonyl (C=O) groups is 3. The van der Waals surface area contributed by atoms with Gasteiger partial charge in [-0.05, 0) is 24.6 Å². The second-order valence-electron chi connectivity index (χ2n) is 7.90. The minimum Gasteiger partial charge on any atom is -0.454 e. The van der Waals surface area contributed by atoms with Crippen molar-refractivity contribution >= 4 is 39.7 Å². The number of nitrogens with two attached hydrogens (primary N) is 1. The van der Waals surface area contributed by atoms with Crippen LogP contribution >= 0.6 is 11.3 Å². The number of nitrogens with one attached hydrogen (secondary N) is 1. The number of thiophene rings is 1. The van der Waals surface area contributed by atoms with Crippen LogP contribution in [-0.2, 0) is 9.59 Å². The Bertz CT molecular complexity index is 1270. The number of hydrogen-bond donors (Lipinski definition) is 2. The van der Waals surface area contributed by atoms with Crippen molar-refractivity contribution in [1.82, 2.24) is 0 Å². The van der Waals surface area contributed by atoms with Crippen molar-refractivity contribution in [2.75, 3.05) is 23.6 Å². The molecule has 33 heavy (non-hydrogen) atoms. The molecule has 3 heterocycles. The number of carbonyl (C=O) groups excluding carboxylic acids is 3. The Labute approximate surface area is 193 Å². The summed E-state index contributed by atoms with van der Waals surface area (Å²) in [6, 6.07) is 14.7. The van der Waals surface area contributed by atoms with Crippen molar-refractivity contribution in [1.29, 1.82) is 0 Å². The highest BCUT2D eigenvalue weighted by Crippen LogP contribution is 2.41. The molecule has 168 valence electrons. The van der Waals surface area contributed by atoms with Gasteiger partial charge in [-0.25, -0.2) is 0 Å². The maximum Gasteiger partial charge on any atom is 0.252 e. The van der Waals surface area contributed by atoms with E-state index in [2.05, 4.69) is 5.32 Å². The first-order chi connectivity index (χ1) is 15.9. The number of primary amides is 1. The van der Waals surface area contributed by atoms with Crippen LogP contribution < -0.4 is 25.4 Å². The van der Waals surface area contributed by atoms with Gasteiger partial charge in [-0.3, -0.25) is 14.4 Å². The predicted octanol–water partition coefficient (Wildman–Crippen LogP) is 3.54. The molecule has 2 aromatic carbocycles. The molecule has 8 nitrogen and oxygen atoms in total. The summed E-state index contributed by atoms with van der Waals surface area (Å²) in [6.45, 7) is 2.26. The summed E-state index contributed by atoms with van der Waals surface area (Å²) in [5.41, 5.74) is 8.19. The van der Waals surface area contributed by atoms with E-state index in [0.29, 0.717) is 27.8 Å². The van der Waals surface area contributed by atoms with Crippen LogP contribution in [-0.4, -0.2) is 31.1 Å². The summed E-state index contributed by atoms with van der Waals surface area (Å²) in [5.74, 6) is -0.460.